The maximum absolute atomic E-state index is 11.8. The summed E-state index contributed by atoms with van der Waals surface area (Å²) in [6.45, 7) is 4.57. The van der Waals surface area contributed by atoms with Crippen molar-refractivity contribution >= 4 is 47.5 Å². The molecule has 1 aromatic carbocycles. The van der Waals surface area contributed by atoms with Crippen molar-refractivity contribution in [3.8, 4) is 0 Å². The Labute approximate surface area is 165 Å². The summed E-state index contributed by atoms with van der Waals surface area (Å²) in [5.41, 5.74) is 1.11. The first-order chi connectivity index (χ1) is 11.1. The summed E-state index contributed by atoms with van der Waals surface area (Å²) in [7, 11) is 1.78. The van der Waals surface area contributed by atoms with Gasteiger partial charge >= 0.3 is 5.97 Å². The molecule has 1 aromatic rings. The lowest BCUT2D eigenvalue weighted by molar-refractivity contribution is -0.149. The number of nitrogens with one attached hydrogen (secondary N) is 1. The predicted octanol–water partition coefficient (Wildman–Crippen LogP) is 3.31. The van der Waals surface area contributed by atoms with Crippen LogP contribution in [0.4, 0.5) is 0 Å². The lowest BCUT2D eigenvalue weighted by atomic mass is 9.97. The fraction of sp³-hybridized carbons (Fsp3) is 0.529. The Kier molecular flexibility index (Phi) is 9.43. The third kappa shape index (κ3) is 6.12. The molecule has 1 heterocycles. The lowest BCUT2D eigenvalue weighted by Gasteiger charge is -2.33. The summed E-state index contributed by atoms with van der Waals surface area (Å²) in [4.78, 5) is 18.3. The van der Waals surface area contributed by atoms with Crippen LogP contribution >= 0.6 is 35.6 Å². The zero-order valence-electron chi connectivity index (χ0n) is 14.1. The van der Waals surface area contributed by atoms with Crippen LogP contribution in [0.2, 0.25) is 5.02 Å². The molecule has 0 unspecified atom stereocenters. The number of hydrogen-bond donors (Lipinski definition) is 1. The fourth-order valence-electron chi connectivity index (χ4n) is 2.75. The molecule has 0 aliphatic carbocycles. The second-order valence-electron chi connectivity index (χ2n) is 5.54. The number of esters is 1. The van der Waals surface area contributed by atoms with Gasteiger partial charge in [-0.15, -0.1) is 24.0 Å². The van der Waals surface area contributed by atoms with Crippen molar-refractivity contribution in [3.63, 3.8) is 0 Å². The van der Waals surface area contributed by atoms with Crippen molar-refractivity contribution in [3.05, 3.63) is 34.9 Å². The number of ether oxygens (including phenoxy) is 1. The third-order valence-electron chi connectivity index (χ3n) is 3.97. The molecule has 1 fully saturated rings. The number of carbonyl (C=O) groups excluding carboxylic acids is 1. The van der Waals surface area contributed by atoms with Gasteiger partial charge in [-0.3, -0.25) is 9.79 Å². The van der Waals surface area contributed by atoms with Gasteiger partial charge in [-0.1, -0.05) is 23.7 Å². The number of carbonyl (C=O) groups is 1. The van der Waals surface area contributed by atoms with Crippen LogP contribution in [0.15, 0.2) is 29.3 Å². The van der Waals surface area contributed by atoms with Gasteiger partial charge in [0.25, 0.3) is 0 Å². The molecule has 0 spiro atoms. The largest absolute Gasteiger partial charge is 0.466 e. The van der Waals surface area contributed by atoms with E-state index in [1.54, 1.807) is 7.05 Å². The molecule has 5 nitrogen and oxygen atoms in total. The van der Waals surface area contributed by atoms with Crippen LogP contribution in [0, 0.1) is 5.92 Å². The molecule has 0 bridgehead atoms. The van der Waals surface area contributed by atoms with E-state index in [-0.39, 0.29) is 35.9 Å². The average molecular weight is 466 g/mol. The number of aliphatic imine (C=N–C) groups is 1. The van der Waals surface area contributed by atoms with Crippen LogP contribution < -0.4 is 5.32 Å². The van der Waals surface area contributed by atoms with E-state index in [9.17, 15) is 4.79 Å². The summed E-state index contributed by atoms with van der Waals surface area (Å²) >= 11 is 6.00. The van der Waals surface area contributed by atoms with E-state index < -0.39 is 0 Å². The topological polar surface area (TPSA) is 53.9 Å². The highest BCUT2D eigenvalue weighted by Crippen LogP contribution is 2.19. The SMILES string of the molecule is CCOC(=O)C1CCN(C(=NC)NCc2cccc(Cl)c2)CC1.I. The number of guanidine groups is 1. The zero-order chi connectivity index (χ0) is 16.7. The minimum Gasteiger partial charge on any atom is -0.466 e. The summed E-state index contributed by atoms with van der Waals surface area (Å²) in [5, 5.41) is 4.08. The molecule has 24 heavy (non-hydrogen) atoms. The van der Waals surface area contributed by atoms with Crippen molar-refractivity contribution in [2.45, 2.75) is 26.3 Å². The monoisotopic (exact) mass is 465 g/mol. The molecule has 0 atom stereocenters. The zero-order valence-corrected chi connectivity index (χ0v) is 17.2. The van der Waals surface area contributed by atoms with Crippen LogP contribution in [-0.4, -0.2) is 43.6 Å². The number of nitrogens with zero attached hydrogens (tertiary/aromatic N) is 2. The smallest absolute Gasteiger partial charge is 0.309 e. The highest BCUT2D eigenvalue weighted by Gasteiger charge is 2.27. The Morgan fingerprint density at radius 2 is 2.12 bits per heavy atom. The van der Waals surface area contributed by atoms with Gasteiger partial charge in [-0.05, 0) is 37.5 Å². The van der Waals surface area contributed by atoms with E-state index in [4.69, 9.17) is 16.3 Å². The van der Waals surface area contributed by atoms with Gasteiger partial charge in [0, 0.05) is 31.7 Å². The van der Waals surface area contributed by atoms with Crippen LogP contribution in [-0.2, 0) is 16.1 Å². The van der Waals surface area contributed by atoms with Gasteiger partial charge in [-0.2, -0.15) is 0 Å². The molecule has 1 N–H and O–H groups in total. The van der Waals surface area contributed by atoms with E-state index in [1.807, 2.05) is 31.2 Å². The standard InChI is InChI=1S/C17H24ClN3O2.HI/c1-3-23-16(22)14-7-9-21(10-8-14)17(19-2)20-12-13-5-4-6-15(18)11-13;/h4-6,11,14H,3,7-10,12H2,1-2H3,(H,19,20);1H. The van der Waals surface area contributed by atoms with Crippen LogP contribution in [0.5, 0.6) is 0 Å². The molecule has 1 aliphatic heterocycles. The highest BCUT2D eigenvalue weighted by atomic mass is 127. The molecular weight excluding hydrogens is 441 g/mol. The molecule has 0 radical (unpaired) electrons. The molecule has 0 saturated carbocycles. The van der Waals surface area contributed by atoms with E-state index in [0.717, 1.165) is 42.5 Å². The summed E-state index contributed by atoms with van der Waals surface area (Å²) < 4.78 is 5.10. The van der Waals surface area contributed by atoms with Crippen LogP contribution in [0.1, 0.15) is 25.3 Å². The lowest BCUT2D eigenvalue weighted by Crippen LogP contribution is -2.46. The number of benzene rings is 1. The Morgan fingerprint density at radius 3 is 2.71 bits per heavy atom. The molecule has 2 rings (SSSR count). The molecular formula is C17H25ClIN3O2. The Hall–Kier alpha value is -1.02. The van der Waals surface area contributed by atoms with E-state index in [2.05, 4.69) is 15.2 Å². The number of halogens is 2. The van der Waals surface area contributed by atoms with Crippen LogP contribution in [0.3, 0.4) is 0 Å². The van der Waals surface area contributed by atoms with Crippen molar-refractivity contribution < 1.29 is 9.53 Å². The Bertz CT molecular complexity index is 561. The van der Waals surface area contributed by atoms with Gasteiger partial charge in [-0.25, -0.2) is 0 Å². The van der Waals surface area contributed by atoms with Crippen molar-refractivity contribution in [1.29, 1.82) is 0 Å². The van der Waals surface area contributed by atoms with Crippen molar-refractivity contribution in [2.75, 3.05) is 26.7 Å². The van der Waals surface area contributed by atoms with Crippen molar-refractivity contribution in [2.24, 2.45) is 10.9 Å². The molecule has 7 heteroatoms. The van der Waals surface area contributed by atoms with Crippen molar-refractivity contribution in [1.82, 2.24) is 10.2 Å². The van der Waals surface area contributed by atoms with E-state index in [0.29, 0.717) is 13.2 Å². The molecule has 1 saturated heterocycles. The maximum Gasteiger partial charge on any atom is 0.309 e. The van der Waals surface area contributed by atoms with Gasteiger partial charge in [0.15, 0.2) is 5.96 Å². The number of hydrogen-bond acceptors (Lipinski definition) is 3. The fourth-order valence-corrected chi connectivity index (χ4v) is 2.96. The van der Waals surface area contributed by atoms with Gasteiger partial charge in [0.1, 0.15) is 0 Å². The quantitative estimate of drug-likeness (QED) is 0.321. The first kappa shape index (κ1) is 21.0. The third-order valence-corrected chi connectivity index (χ3v) is 4.20. The minimum atomic E-state index is -0.0750. The second-order valence-corrected chi connectivity index (χ2v) is 5.98. The normalized spacial score (nSPS) is 15.6. The molecule has 1 aliphatic rings. The van der Waals surface area contributed by atoms with Gasteiger partial charge < -0.3 is 15.0 Å². The van der Waals surface area contributed by atoms with Gasteiger partial charge in [0.2, 0.25) is 0 Å². The van der Waals surface area contributed by atoms with E-state index in [1.165, 1.54) is 0 Å². The predicted molar refractivity (Wildman–Crippen MR) is 108 cm³/mol. The first-order valence-corrected chi connectivity index (χ1v) is 8.38. The Morgan fingerprint density at radius 1 is 1.42 bits per heavy atom. The number of piperidine rings is 1. The highest BCUT2D eigenvalue weighted by molar-refractivity contribution is 14.0. The van der Waals surface area contributed by atoms with E-state index >= 15 is 0 Å². The molecule has 134 valence electrons. The number of likely N-dealkylation sites (tertiary alicyclic amines) is 1. The summed E-state index contributed by atoms with van der Waals surface area (Å²) in [6, 6.07) is 7.76. The summed E-state index contributed by atoms with van der Waals surface area (Å²) in [5.74, 6) is 0.790. The van der Waals surface area contributed by atoms with Gasteiger partial charge in [0.05, 0.1) is 12.5 Å². The average Bonchev–Trinajstić information content (AvgIpc) is 2.56. The first-order valence-electron chi connectivity index (χ1n) is 8.00. The number of rotatable bonds is 4. The minimum absolute atomic E-state index is 0. The Balaban J connectivity index is 0.00000288. The second kappa shape index (κ2) is 10.8. The van der Waals surface area contributed by atoms with Crippen LogP contribution in [0.25, 0.3) is 0 Å². The molecule has 0 aromatic heterocycles. The molecule has 0 amide bonds. The summed E-state index contributed by atoms with van der Waals surface area (Å²) in [6.07, 6.45) is 1.60. The maximum atomic E-state index is 11.8.